The highest BCUT2D eigenvalue weighted by Gasteiger charge is 2.11. The molecule has 0 aliphatic carbocycles. The van der Waals surface area contributed by atoms with Crippen molar-refractivity contribution in [3.8, 4) is 0 Å². The van der Waals surface area contributed by atoms with Crippen LogP contribution < -0.4 is 5.32 Å². The number of para-hydroxylation sites is 1. The molecule has 2 aromatic rings. The van der Waals surface area contributed by atoms with Gasteiger partial charge in [0.1, 0.15) is 11.3 Å². The molecule has 0 spiro atoms. The van der Waals surface area contributed by atoms with Gasteiger partial charge in [-0.05, 0) is 18.6 Å². The topological polar surface area (TPSA) is 62.6 Å². The Labute approximate surface area is 126 Å². The van der Waals surface area contributed by atoms with Gasteiger partial charge < -0.3 is 14.6 Å². The van der Waals surface area contributed by atoms with E-state index in [1.165, 1.54) is 0 Å². The van der Waals surface area contributed by atoms with Gasteiger partial charge in [0.05, 0.1) is 6.54 Å². The highest BCUT2D eigenvalue weighted by Crippen LogP contribution is 2.19. The number of carbonyl (C=O) groups excluding carboxylic acids is 1. The minimum absolute atomic E-state index is 0.155. The van der Waals surface area contributed by atoms with Gasteiger partial charge in [-0.15, -0.1) is 0 Å². The third-order valence-corrected chi connectivity index (χ3v) is 3.96. The third kappa shape index (κ3) is 4.60. The standard InChI is InChI=1S/C15H20N2O3S/c1-17(15(18)16-8-5-9-21(2)19)11-13-10-12-6-3-4-7-14(12)20-13/h3-4,6-7,10H,5,8-9,11H2,1-2H3,(H,16,18)/t21-/m0/s1. The van der Waals surface area contributed by atoms with Crippen molar-refractivity contribution in [2.24, 2.45) is 0 Å². The Kier molecular flexibility index (Phi) is 5.38. The first-order valence-electron chi connectivity index (χ1n) is 6.82. The van der Waals surface area contributed by atoms with E-state index in [1.807, 2.05) is 30.3 Å². The van der Waals surface area contributed by atoms with Gasteiger partial charge in [-0.25, -0.2) is 4.79 Å². The minimum atomic E-state index is -0.811. The number of fused-ring (bicyclic) bond motifs is 1. The molecule has 2 rings (SSSR count). The fraction of sp³-hybridized carbons (Fsp3) is 0.400. The highest BCUT2D eigenvalue weighted by atomic mass is 32.2. The molecule has 21 heavy (non-hydrogen) atoms. The molecule has 0 fully saturated rings. The van der Waals surface area contributed by atoms with Gasteiger partial charge in [0, 0.05) is 41.8 Å². The zero-order valence-electron chi connectivity index (χ0n) is 12.3. The van der Waals surface area contributed by atoms with Crippen LogP contribution in [0.4, 0.5) is 4.79 Å². The predicted octanol–water partition coefficient (Wildman–Crippen LogP) is 2.34. The van der Waals surface area contributed by atoms with E-state index in [2.05, 4.69) is 5.32 Å². The number of hydrogen-bond acceptors (Lipinski definition) is 3. The van der Waals surface area contributed by atoms with Crippen LogP contribution in [-0.2, 0) is 17.3 Å². The van der Waals surface area contributed by atoms with Gasteiger partial charge in [-0.2, -0.15) is 0 Å². The van der Waals surface area contributed by atoms with Crippen LogP contribution in [0.5, 0.6) is 0 Å². The molecule has 1 atom stereocenters. The number of nitrogens with zero attached hydrogens (tertiary/aromatic N) is 1. The Bertz CT molecular complexity index is 606. The lowest BCUT2D eigenvalue weighted by Gasteiger charge is -2.16. The SMILES string of the molecule is CN(Cc1cc2ccccc2o1)C(=O)NCCC[S@](C)=O. The molecular formula is C15H20N2O3S. The van der Waals surface area contributed by atoms with E-state index in [1.54, 1.807) is 18.2 Å². The Morgan fingerprint density at radius 3 is 2.86 bits per heavy atom. The second kappa shape index (κ2) is 7.26. The number of rotatable bonds is 6. The van der Waals surface area contributed by atoms with Gasteiger partial charge in [-0.3, -0.25) is 4.21 Å². The van der Waals surface area contributed by atoms with Crippen molar-refractivity contribution in [3.63, 3.8) is 0 Å². The predicted molar refractivity (Wildman–Crippen MR) is 84.6 cm³/mol. The Morgan fingerprint density at radius 1 is 1.38 bits per heavy atom. The minimum Gasteiger partial charge on any atom is -0.459 e. The average molecular weight is 308 g/mol. The average Bonchev–Trinajstić information content (AvgIpc) is 2.85. The fourth-order valence-corrected chi connectivity index (χ4v) is 2.58. The van der Waals surface area contributed by atoms with E-state index in [0.717, 1.165) is 16.7 Å². The van der Waals surface area contributed by atoms with Crippen LogP contribution in [0.2, 0.25) is 0 Å². The molecule has 5 nitrogen and oxygen atoms in total. The second-order valence-corrected chi connectivity index (χ2v) is 6.52. The molecule has 1 N–H and O–H groups in total. The first-order valence-corrected chi connectivity index (χ1v) is 8.55. The number of amides is 2. The van der Waals surface area contributed by atoms with Gasteiger partial charge >= 0.3 is 6.03 Å². The molecule has 0 aliphatic heterocycles. The summed E-state index contributed by atoms with van der Waals surface area (Å²) in [6, 6.07) is 9.55. The zero-order valence-corrected chi connectivity index (χ0v) is 13.1. The second-order valence-electron chi connectivity index (χ2n) is 4.97. The smallest absolute Gasteiger partial charge is 0.317 e. The number of urea groups is 1. The fourth-order valence-electron chi connectivity index (χ4n) is 2.03. The number of nitrogens with one attached hydrogen (secondary N) is 1. The van der Waals surface area contributed by atoms with Crippen LogP contribution in [-0.4, -0.2) is 40.7 Å². The number of benzene rings is 1. The summed E-state index contributed by atoms with van der Waals surface area (Å²) >= 11 is 0. The first-order chi connectivity index (χ1) is 10.1. The molecule has 6 heteroatoms. The summed E-state index contributed by atoms with van der Waals surface area (Å²) in [5.74, 6) is 1.36. The van der Waals surface area contributed by atoms with Crippen molar-refractivity contribution in [2.45, 2.75) is 13.0 Å². The third-order valence-electron chi connectivity index (χ3n) is 3.10. The summed E-state index contributed by atoms with van der Waals surface area (Å²) in [5, 5.41) is 3.84. The summed E-state index contributed by atoms with van der Waals surface area (Å²) in [7, 11) is 0.911. The molecule has 0 saturated carbocycles. The van der Waals surface area contributed by atoms with E-state index in [9.17, 15) is 9.00 Å². The molecule has 1 heterocycles. The van der Waals surface area contributed by atoms with Crippen molar-refractivity contribution >= 4 is 27.8 Å². The summed E-state index contributed by atoms with van der Waals surface area (Å²) < 4.78 is 16.6. The van der Waals surface area contributed by atoms with Gasteiger partial charge in [-0.1, -0.05) is 18.2 Å². The molecule has 0 aliphatic rings. The van der Waals surface area contributed by atoms with Crippen molar-refractivity contribution in [3.05, 3.63) is 36.1 Å². The van der Waals surface area contributed by atoms with Crippen molar-refractivity contribution in [2.75, 3.05) is 25.6 Å². The summed E-state index contributed by atoms with van der Waals surface area (Å²) in [6.07, 6.45) is 2.38. The van der Waals surface area contributed by atoms with Gasteiger partial charge in [0.25, 0.3) is 0 Å². The van der Waals surface area contributed by atoms with E-state index in [0.29, 0.717) is 25.3 Å². The first kappa shape index (κ1) is 15.6. The Hall–Kier alpha value is -1.82. The van der Waals surface area contributed by atoms with Crippen molar-refractivity contribution < 1.29 is 13.4 Å². The quantitative estimate of drug-likeness (QED) is 0.833. The van der Waals surface area contributed by atoms with Crippen LogP contribution in [0.25, 0.3) is 11.0 Å². The van der Waals surface area contributed by atoms with Gasteiger partial charge in [0.15, 0.2) is 0 Å². The van der Waals surface area contributed by atoms with Crippen LogP contribution in [0.15, 0.2) is 34.7 Å². The van der Waals surface area contributed by atoms with E-state index >= 15 is 0 Å². The molecule has 0 bridgehead atoms. The normalized spacial score (nSPS) is 12.3. The Balaban J connectivity index is 1.84. The lowest BCUT2D eigenvalue weighted by molar-refractivity contribution is 0.203. The van der Waals surface area contributed by atoms with E-state index in [-0.39, 0.29) is 6.03 Å². The largest absolute Gasteiger partial charge is 0.459 e. The zero-order chi connectivity index (χ0) is 15.2. The molecular weight excluding hydrogens is 288 g/mol. The van der Waals surface area contributed by atoms with E-state index < -0.39 is 10.8 Å². The number of carbonyl (C=O) groups is 1. The monoisotopic (exact) mass is 308 g/mol. The number of furan rings is 1. The summed E-state index contributed by atoms with van der Waals surface area (Å²) in [6.45, 7) is 0.948. The molecule has 2 amide bonds. The molecule has 1 aromatic carbocycles. The van der Waals surface area contributed by atoms with Crippen LogP contribution in [0, 0.1) is 0 Å². The molecule has 1 aromatic heterocycles. The van der Waals surface area contributed by atoms with Crippen LogP contribution >= 0.6 is 0 Å². The maximum atomic E-state index is 11.9. The lowest BCUT2D eigenvalue weighted by atomic mass is 10.2. The summed E-state index contributed by atoms with van der Waals surface area (Å²) in [4.78, 5) is 13.5. The maximum absolute atomic E-state index is 11.9. The molecule has 0 radical (unpaired) electrons. The lowest BCUT2D eigenvalue weighted by Crippen LogP contribution is -2.37. The number of hydrogen-bond donors (Lipinski definition) is 1. The molecule has 0 saturated heterocycles. The van der Waals surface area contributed by atoms with Crippen molar-refractivity contribution in [1.82, 2.24) is 10.2 Å². The van der Waals surface area contributed by atoms with Crippen LogP contribution in [0.3, 0.4) is 0 Å². The molecule has 0 unspecified atom stereocenters. The van der Waals surface area contributed by atoms with Crippen LogP contribution in [0.1, 0.15) is 12.2 Å². The highest BCUT2D eigenvalue weighted by molar-refractivity contribution is 7.84. The maximum Gasteiger partial charge on any atom is 0.317 e. The van der Waals surface area contributed by atoms with Gasteiger partial charge in [0.2, 0.25) is 0 Å². The van der Waals surface area contributed by atoms with Crippen molar-refractivity contribution in [1.29, 1.82) is 0 Å². The Morgan fingerprint density at radius 2 is 2.14 bits per heavy atom. The molecule has 114 valence electrons. The summed E-state index contributed by atoms with van der Waals surface area (Å²) in [5.41, 5.74) is 0.826. The van der Waals surface area contributed by atoms with E-state index in [4.69, 9.17) is 4.42 Å².